The van der Waals surface area contributed by atoms with Gasteiger partial charge < -0.3 is 9.80 Å². The highest BCUT2D eigenvalue weighted by atomic mass is 32.2. The third-order valence-corrected chi connectivity index (χ3v) is 7.09. The zero-order valence-corrected chi connectivity index (χ0v) is 20.2. The second kappa shape index (κ2) is 14.2. The Hall–Kier alpha value is -0.890. The van der Waals surface area contributed by atoms with E-state index in [0.29, 0.717) is 0 Å². The van der Waals surface area contributed by atoms with Crippen molar-refractivity contribution in [1.29, 1.82) is 0 Å². The van der Waals surface area contributed by atoms with Crippen LogP contribution in [0.3, 0.4) is 0 Å². The Labute approximate surface area is 185 Å². The van der Waals surface area contributed by atoms with Gasteiger partial charge in [-0.25, -0.2) is 9.36 Å². The first-order chi connectivity index (χ1) is 14.1. The Balaban J connectivity index is 1.49. The second-order valence-corrected chi connectivity index (χ2v) is 10.3. The molecule has 0 N–H and O–H groups in total. The fraction of sp³-hybridized carbons (Fsp3) is 0.875. The molecule has 10 nitrogen and oxygen atoms in total. The minimum absolute atomic E-state index is 0.827. The van der Waals surface area contributed by atoms with Crippen LogP contribution in [0.15, 0.2) is 10.3 Å². The molecule has 2 heterocycles. The van der Waals surface area contributed by atoms with E-state index >= 15 is 0 Å². The van der Waals surface area contributed by atoms with Crippen LogP contribution in [0.4, 0.5) is 0 Å². The van der Waals surface area contributed by atoms with Gasteiger partial charge in [-0.05, 0) is 73.4 Å². The first kappa shape index (κ1) is 24.4. The highest BCUT2D eigenvalue weighted by Gasteiger charge is 2.08. The maximum atomic E-state index is 4.12. The van der Waals surface area contributed by atoms with Crippen LogP contribution >= 0.6 is 35.3 Å². The van der Waals surface area contributed by atoms with Crippen LogP contribution in [0, 0.1) is 0 Å². The van der Waals surface area contributed by atoms with Crippen LogP contribution in [-0.2, 0) is 13.1 Å². The van der Waals surface area contributed by atoms with Gasteiger partial charge in [0, 0.05) is 24.6 Å². The molecule has 0 saturated heterocycles. The van der Waals surface area contributed by atoms with Gasteiger partial charge in [0.1, 0.15) is 0 Å². The number of hydrogen-bond acceptors (Lipinski definition) is 11. The number of tetrazole rings is 2. The number of likely N-dealkylation sites (N-methyl/N-ethyl adjacent to an activating group) is 2. The lowest BCUT2D eigenvalue weighted by atomic mass is 10.6. The average Bonchev–Trinajstić information content (AvgIpc) is 3.32. The van der Waals surface area contributed by atoms with E-state index < -0.39 is 0 Å². The highest BCUT2D eigenvalue weighted by molar-refractivity contribution is 8.00. The molecule has 0 aliphatic rings. The van der Waals surface area contributed by atoms with E-state index in [9.17, 15) is 0 Å². The van der Waals surface area contributed by atoms with Gasteiger partial charge in [-0.15, -0.1) is 10.2 Å². The van der Waals surface area contributed by atoms with E-state index in [-0.39, 0.29) is 0 Å². The predicted octanol–water partition coefficient (Wildman–Crippen LogP) is 1.18. The van der Waals surface area contributed by atoms with Crippen LogP contribution in [0.5, 0.6) is 0 Å². The van der Waals surface area contributed by atoms with Crippen LogP contribution in [-0.4, -0.2) is 115 Å². The first-order valence-electron chi connectivity index (χ1n) is 9.71. The smallest absolute Gasteiger partial charge is 0.209 e. The van der Waals surface area contributed by atoms with Crippen molar-refractivity contribution in [1.82, 2.24) is 50.2 Å². The normalized spacial score (nSPS) is 11.8. The summed E-state index contributed by atoms with van der Waals surface area (Å²) in [5.74, 6) is 4.42. The SMILES string of the molecule is CN(C)CCn1nnnc1SCCCSCCCSc1nnnn1CCN(C)C. The molecule has 0 unspecified atom stereocenters. The van der Waals surface area contributed by atoms with Gasteiger partial charge in [-0.1, -0.05) is 23.5 Å². The number of thioether (sulfide) groups is 3. The number of nitrogens with zero attached hydrogens (tertiary/aromatic N) is 10. The van der Waals surface area contributed by atoms with E-state index in [0.717, 1.165) is 72.3 Å². The number of aromatic nitrogens is 8. The Kier molecular flexibility index (Phi) is 11.9. The molecule has 0 spiro atoms. The van der Waals surface area contributed by atoms with Crippen molar-refractivity contribution in [3.05, 3.63) is 0 Å². The Morgan fingerprint density at radius 3 is 1.55 bits per heavy atom. The molecule has 0 aromatic carbocycles. The summed E-state index contributed by atoms with van der Waals surface area (Å²) in [7, 11) is 8.22. The van der Waals surface area contributed by atoms with Gasteiger partial charge in [-0.3, -0.25) is 0 Å². The molecule has 0 saturated carbocycles. The van der Waals surface area contributed by atoms with Gasteiger partial charge in [0.2, 0.25) is 10.3 Å². The lowest BCUT2D eigenvalue weighted by molar-refractivity contribution is 0.361. The molecule has 13 heteroatoms. The summed E-state index contributed by atoms with van der Waals surface area (Å²) in [6.07, 6.45) is 2.32. The fourth-order valence-electron chi connectivity index (χ4n) is 2.22. The summed E-state index contributed by atoms with van der Waals surface area (Å²) in [4.78, 5) is 4.27. The van der Waals surface area contributed by atoms with Crippen LogP contribution < -0.4 is 0 Å². The fourth-order valence-corrected chi connectivity index (χ4v) is 5.17. The quantitative estimate of drug-likeness (QED) is 0.267. The molecule has 0 bridgehead atoms. The topological polar surface area (TPSA) is 93.7 Å². The van der Waals surface area contributed by atoms with E-state index in [4.69, 9.17) is 0 Å². The Bertz CT molecular complexity index is 619. The summed E-state index contributed by atoms with van der Waals surface area (Å²) in [6, 6.07) is 0. The van der Waals surface area contributed by atoms with Crippen LogP contribution in [0.2, 0.25) is 0 Å². The first-order valence-corrected chi connectivity index (χ1v) is 12.8. The highest BCUT2D eigenvalue weighted by Crippen LogP contribution is 2.18. The van der Waals surface area contributed by atoms with Crippen molar-refractivity contribution in [3.63, 3.8) is 0 Å². The molecule has 29 heavy (non-hydrogen) atoms. The molecule has 2 rings (SSSR count). The number of hydrogen-bond donors (Lipinski definition) is 0. The van der Waals surface area contributed by atoms with Gasteiger partial charge in [0.25, 0.3) is 0 Å². The molecule has 2 aromatic heterocycles. The van der Waals surface area contributed by atoms with E-state index in [1.54, 1.807) is 23.5 Å². The largest absolute Gasteiger partial charge is 0.308 e. The molecule has 164 valence electrons. The molecule has 0 atom stereocenters. The van der Waals surface area contributed by atoms with Gasteiger partial charge in [0.05, 0.1) is 13.1 Å². The third kappa shape index (κ3) is 10.1. The minimum Gasteiger partial charge on any atom is -0.308 e. The van der Waals surface area contributed by atoms with Gasteiger partial charge >= 0.3 is 0 Å². The summed E-state index contributed by atoms with van der Waals surface area (Å²) >= 11 is 5.49. The molecular formula is C16H32N10S3. The van der Waals surface area contributed by atoms with Crippen molar-refractivity contribution in [3.8, 4) is 0 Å². The lowest BCUT2D eigenvalue weighted by Gasteiger charge is -2.09. The molecule has 0 radical (unpaired) electrons. The van der Waals surface area contributed by atoms with E-state index in [1.807, 2.05) is 21.1 Å². The summed E-state index contributed by atoms with van der Waals surface area (Å²) in [6.45, 7) is 3.53. The molecule has 0 aliphatic heterocycles. The molecule has 2 aromatic rings. The summed E-state index contributed by atoms with van der Waals surface area (Å²) < 4.78 is 3.78. The average molecular weight is 461 g/mol. The molecule has 0 aliphatic carbocycles. The van der Waals surface area contributed by atoms with Crippen molar-refractivity contribution < 1.29 is 0 Å². The summed E-state index contributed by atoms with van der Waals surface area (Å²) in [5, 5.41) is 25.8. The van der Waals surface area contributed by atoms with Crippen molar-refractivity contribution in [2.45, 2.75) is 36.2 Å². The predicted molar refractivity (Wildman–Crippen MR) is 121 cm³/mol. The van der Waals surface area contributed by atoms with Gasteiger partial charge in [-0.2, -0.15) is 11.8 Å². The Morgan fingerprint density at radius 2 is 1.14 bits per heavy atom. The molecule has 0 fully saturated rings. The molecular weight excluding hydrogens is 428 g/mol. The third-order valence-electron chi connectivity index (χ3n) is 3.84. The maximum Gasteiger partial charge on any atom is 0.209 e. The van der Waals surface area contributed by atoms with Crippen LogP contribution in [0.1, 0.15) is 12.8 Å². The van der Waals surface area contributed by atoms with E-state index in [2.05, 4.69) is 69.0 Å². The van der Waals surface area contributed by atoms with E-state index in [1.165, 1.54) is 0 Å². The monoisotopic (exact) mass is 460 g/mol. The van der Waals surface area contributed by atoms with Crippen molar-refractivity contribution in [2.24, 2.45) is 0 Å². The summed E-state index contributed by atoms with van der Waals surface area (Å²) in [5.41, 5.74) is 0. The molecule has 0 amide bonds. The zero-order valence-electron chi connectivity index (χ0n) is 17.8. The lowest BCUT2D eigenvalue weighted by Crippen LogP contribution is -2.19. The van der Waals surface area contributed by atoms with Gasteiger partial charge in [0.15, 0.2) is 0 Å². The van der Waals surface area contributed by atoms with Crippen molar-refractivity contribution >= 4 is 35.3 Å². The minimum atomic E-state index is 0.827. The Morgan fingerprint density at radius 1 is 0.690 bits per heavy atom. The number of rotatable bonds is 16. The zero-order chi connectivity index (χ0) is 20.9. The van der Waals surface area contributed by atoms with Crippen LogP contribution in [0.25, 0.3) is 0 Å². The second-order valence-electron chi connectivity index (χ2n) is 6.99. The standard InChI is InChI=1S/C16H32N10S3/c1-23(2)7-9-25-15(17-19-21-25)28-13-5-11-27-12-6-14-29-16-18-20-22-26(16)10-8-24(3)4/h5-14H2,1-4H3. The maximum absolute atomic E-state index is 4.12. The van der Waals surface area contributed by atoms with Crippen molar-refractivity contribution in [2.75, 3.05) is 64.3 Å².